The second kappa shape index (κ2) is 6.72. The number of imidazole rings is 1. The smallest absolute Gasteiger partial charge is 0.245 e. The Hall–Kier alpha value is -2.86. The molecular weight excluding hydrogens is 302 g/mol. The fourth-order valence-corrected chi connectivity index (χ4v) is 2.46. The molecule has 0 aliphatic rings. The van der Waals surface area contributed by atoms with Crippen LogP contribution in [0.1, 0.15) is 25.5 Å². The summed E-state index contributed by atoms with van der Waals surface area (Å²) < 4.78 is 0. The molecule has 0 bridgehead atoms. The van der Waals surface area contributed by atoms with Crippen LogP contribution in [0.15, 0.2) is 48.5 Å². The van der Waals surface area contributed by atoms with Gasteiger partial charge in [-0.05, 0) is 37.6 Å². The van der Waals surface area contributed by atoms with Gasteiger partial charge < -0.3 is 21.4 Å². The maximum absolute atomic E-state index is 12.3. The molecular formula is C18H21N5O. The molecule has 3 aromatic rings. The largest absolute Gasteiger partial charge is 0.354 e. The fraction of sp³-hybridized carbons (Fsp3) is 0.222. The quantitative estimate of drug-likeness (QED) is 0.580. The molecule has 0 saturated heterocycles. The highest BCUT2D eigenvalue weighted by Crippen LogP contribution is 2.20. The molecule has 0 saturated carbocycles. The van der Waals surface area contributed by atoms with Crippen LogP contribution in [0.5, 0.6) is 0 Å². The van der Waals surface area contributed by atoms with Crippen LogP contribution in [-0.4, -0.2) is 21.9 Å². The van der Waals surface area contributed by atoms with Crippen molar-refractivity contribution in [1.82, 2.24) is 9.97 Å². The number of nitrogens with zero attached hydrogens (tertiary/aromatic N) is 1. The number of rotatable bonds is 5. The van der Waals surface area contributed by atoms with E-state index in [-0.39, 0.29) is 11.9 Å². The molecule has 6 heteroatoms. The Labute approximate surface area is 140 Å². The van der Waals surface area contributed by atoms with Crippen molar-refractivity contribution in [2.45, 2.75) is 25.9 Å². The number of aromatic nitrogens is 2. The van der Waals surface area contributed by atoms with Crippen molar-refractivity contribution in [2.24, 2.45) is 5.73 Å². The monoisotopic (exact) mass is 323 g/mol. The SMILES string of the molecule is CC(C)Nc1nc2ccc(NC(=O)[C@@H](N)c3ccccc3)cc2[nH]1. The molecule has 24 heavy (non-hydrogen) atoms. The van der Waals surface area contributed by atoms with E-state index >= 15 is 0 Å². The number of aromatic amines is 1. The molecule has 124 valence electrons. The summed E-state index contributed by atoms with van der Waals surface area (Å²) in [6, 6.07) is 14.4. The highest BCUT2D eigenvalue weighted by atomic mass is 16.2. The predicted molar refractivity (Wildman–Crippen MR) is 96.9 cm³/mol. The van der Waals surface area contributed by atoms with Gasteiger partial charge in [-0.1, -0.05) is 30.3 Å². The Morgan fingerprint density at radius 1 is 1.17 bits per heavy atom. The molecule has 5 N–H and O–H groups in total. The fourth-order valence-electron chi connectivity index (χ4n) is 2.46. The average molecular weight is 323 g/mol. The number of nitrogens with one attached hydrogen (secondary N) is 3. The van der Waals surface area contributed by atoms with Gasteiger partial charge in [0.15, 0.2) is 0 Å². The van der Waals surface area contributed by atoms with Crippen LogP contribution < -0.4 is 16.4 Å². The van der Waals surface area contributed by atoms with Gasteiger partial charge in [0.2, 0.25) is 11.9 Å². The third-order valence-corrected chi connectivity index (χ3v) is 3.62. The summed E-state index contributed by atoms with van der Waals surface area (Å²) in [6.45, 7) is 4.09. The molecule has 1 atom stereocenters. The summed E-state index contributed by atoms with van der Waals surface area (Å²) in [7, 11) is 0. The van der Waals surface area contributed by atoms with E-state index in [1.54, 1.807) is 0 Å². The minimum absolute atomic E-state index is 0.249. The molecule has 0 fully saturated rings. The van der Waals surface area contributed by atoms with E-state index in [1.165, 1.54) is 0 Å². The summed E-state index contributed by atoms with van der Waals surface area (Å²) in [5, 5.41) is 6.07. The van der Waals surface area contributed by atoms with Gasteiger partial charge in [0, 0.05) is 11.7 Å². The van der Waals surface area contributed by atoms with Gasteiger partial charge in [-0.3, -0.25) is 4.79 Å². The Bertz CT molecular complexity index is 841. The van der Waals surface area contributed by atoms with Crippen molar-refractivity contribution in [3.8, 4) is 0 Å². The van der Waals surface area contributed by atoms with Crippen molar-refractivity contribution >= 4 is 28.6 Å². The lowest BCUT2D eigenvalue weighted by molar-refractivity contribution is -0.117. The summed E-state index contributed by atoms with van der Waals surface area (Å²) in [6.07, 6.45) is 0. The number of carbonyl (C=O) groups is 1. The predicted octanol–water partition coefficient (Wildman–Crippen LogP) is 3.02. The normalized spacial score (nSPS) is 12.3. The summed E-state index contributed by atoms with van der Waals surface area (Å²) in [5.74, 6) is 0.463. The third kappa shape index (κ3) is 3.55. The van der Waals surface area contributed by atoms with Gasteiger partial charge in [-0.25, -0.2) is 4.98 Å². The number of hydrogen-bond acceptors (Lipinski definition) is 4. The summed E-state index contributed by atoms with van der Waals surface area (Å²) >= 11 is 0. The molecule has 0 aliphatic heterocycles. The first kappa shape index (κ1) is 16.0. The maximum atomic E-state index is 12.3. The lowest BCUT2D eigenvalue weighted by Gasteiger charge is -2.12. The minimum atomic E-state index is -0.707. The number of H-pyrrole nitrogens is 1. The standard InChI is InChI=1S/C18H21N5O/c1-11(2)20-18-22-14-9-8-13(10-15(14)23-18)21-17(24)16(19)12-6-4-3-5-7-12/h3-11,16H,19H2,1-2H3,(H,21,24)(H2,20,22,23)/t16-/m0/s1. The molecule has 6 nitrogen and oxygen atoms in total. The second-order valence-corrected chi connectivity index (χ2v) is 5.99. The Balaban J connectivity index is 1.76. The third-order valence-electron chi connectivity index (χ3n) is 3.62. The Morgan fingerprint density at radius 2 is 1.92 bits per heavy atom. The molecule has 1 aromatic heterocycles. The van der Waals surface area contributed by atoms with E-state index in [9.17, 15) is 4.79 Å². The van der Waals surface area contributed by atoms with Gasteiger partial charge in [-0.2, -0.15) is 0 Å². The van der Waals surface area contributed by atoms with Crippen LogP contribution in [0, 0.1) is 0 Å². The van der Waals surface area contributed by atoms with E-state index in [4.69, 9.17) is 5.73 Å². The second-order valence-electron chi connectivity index (χ2n) is 5.99. The van der Waals surface area contributed by atoms with Crippen LogP contribution in [0.3, 0.4) is 0 Å². The number of nitrogens with two attached hydrogens (primary N) is 1. The Kier molecular flexibility index (Phi) is 4.48. The van der Waals surface area contributed by atoms with Crippen molar-refractivity contribution in [3.05, 3.63) is 54.1 Å². The summed E-state index contributed by atoms with van der Waals surface area (Å²) in [5.41, 5.74) is 9.16. The van der Waals surface area contributed by atoms with Crippen molar-refractivity contribution in [3.63, 3.8) is 0 Å². The average Bonchev–Trinajstić information content (AvgIpc) is 2.95. The lowest BCUT2D eigenvalue weighted by atomic mass is 10.1. The highest BCUT2D eigenvalue weighted by molar-refractivity contribution is 5.97. The first-order valence-electron chi connectivity index (χ1n) is 7.90. The van der Waals surface area contributed by atoms with Gasteiger partial charge in [0.25, 0.3) is 0 Å². The van der Waals surface area contributed by atoms with Crippen LogP contribution in [0.4, 0.5) is 11.6 Å². The van der Waals surface area contributed by atoms with Crippen LogP contribution in [-0.2, 0) is 4.79 Å². The number of benzene rings is 2. The van der Waals surface area contributed by atoms with Crippen molar-refractivity contribution in [2.75, 3.05) is 10.6 Å². The maximum Gasteiger partial charge on any atom is 0.245 e. The molecule has 0 spiro atoms. The number of fused-ring (bicyclic) bond motifs is 1. The van der Waals surface area contributed by atoms with Crippen LogP contribution >= 0.6 is 0 Å². The molecule has 3 rings (SSSR count). The lowest BCUT2D eigenvalue weighted by Crippen LogP contribution is -2.27. The van der Waals surface area contributed by atoms with Crippen molar-refractivity contribution < 1.29 is 4.79 Å². The Morgan fingerprint density at radius 3 is 2.62 bits per heavy atom. The van der Waals surface area contributed by atoms with Gasteiger partial charge in [-0.15, -0.1) is 0 Å². The molecule has 0 aliphatic carbocycles. The number of carbonyl (C=O) groups excluding carboxylic acids is 1. The van der Waals surface area contributed by atoms with Gasteiger partial charge >= 0.3 is 0 Å². The minimum Gasteiger partial charge on any atom is -0.354 e. The van der Waals surface area contributed by atoms with E-state index in [2.05, 4.69) is 20.6 Å². The van der Waals surface area contributed by atoms with E-state index in [0.29, 0.717) is 11.6 Å². The highest BCUT2D eigenvalue weighted by Gasteiger charge is 2.16. The van der Waals surface area contributed by atoms with E-state index < -0.39 is 6.04 Å². The van der Waals surface area contributed by atoms with Crippen LogP contribution in [0.2, 0.25) is 0 Å². The first-order valence-corrected chi connectivity index (χ1v) is 7.90. The van der Waals surface area contributed by atoms with E-state index in [0.717, 1.165) is 16.6 Å². The zero-order valence-electron chi connectivity index (χ0n) is 13.7. The molecule has 1 heterocycles. The van der Waals surface area contributed by atoms with Gasteiger partial charge in [0.05, 0.1) is 11.0 Å². The molecule has 1 amide bonds. The summed E-state index contributed by atoms with van der Waals surface area (Å²) in [4.78, 5) is 20.0. The number of anilines is 2. The van der Waals surface area contributed by atoms with Crippen molar-refractivity contribution in [1.29, 1.82) is 0 Å². The van der Waals surface area contributed by atoms with Gasteiger partial charge in [0.1, 0.15) is 6.04 Å². The topological polar surface area (TPSA) is 95.8 Å². The number of hydrogen-bond donors (Lipinski definition) is 4. The molecule has 0 unspecified atom stereocenters. The van der Waals surface area contributed by atoms with E-state index in [1.807, 2.05) is 62.4 Å². The van der Waals surface area contributed by atoms with Crippen LogP contribution in [0.25, 0.3) is 11.0 Å². The zero-order valence-corrected chi connectivity index (χ0v) is 13.7. The molecule has 0 radical (unpaired) electrons. The number of amides is 1. The first-order chi connectivity index (χ1) is 11.5. The zero-order chi connectivity index (χ0) is 17.1. The molecule has 2 aromatic carbocycles.